The van der Waals surface area contributed by atoms with Gasteiger partial charge < -0.3 is 0 Å². The summed E-state index contributed by atoms with van der Waals surface area (Å²) in [5.41, 5.74) is 0. The van der Waals surface area contributed by atoms with Crippen molar-refractivity contribution in [1.82, 2.24) is 0 Å². The molecule has 0 atom stereocenters. The Kier molecular flexibility index (Phi) is 7.62. The molecule has 3 aliphatic rings. The van der Waals surface area contributed by atoms with Gasteiger partial charge in [0.25, 0.3) is 0 Å². The van der Waals surface area contributed by atoms with Crippen molar-refractivity contribution in [3.8, 4) is 0 Å². The predicted molar refractivity (Wildman–Crippen MR) is 103 cm³/mol. The molecule has 2 heteroatoms. The number of hydrogen-bond acceptors (Lipinski definition) is 1. The second-order valence-electron chi connectivity index (χ2n) is 8.94. The summed E-state index contributed by atoms with van der Waals surface area (Å²) in [5, 5.41) is 9.66. The fourth-order valence-corrected chi connectivity index (χ4v) is 31.0. The van der Waals surface area contributed by atoms with Gasteiger partial charge in [-0.25, -0.2) is 0 Å². The molecule has 0 bridgehead atoms. The van der Waals surface area contributed by atoms with Crippen LogP contribution in [0, 0.1) is 0 Å². The molecule has 3 fully saturated rings. The molecule has 0 aromatic rings. The minimum atomic E-state index is -2.23. The van der Waals surface area contributed by atoms with Crippen LogP contribution in [0.15, 0.2) is 0 Å². The van der Waals surface area contributed by atoms with Crippen LogP contribution in [0.2, 0.25) is 16.2 Å². The van der Waals surface area contributed by atoms with Crippen LogP contribution in [0.4, 0.5) is 0 Å². The summed E-state index contributed by atoms with van der Waals surface area (Å²) in [6.07, 6.45) is 24.4. The molecule has 3 aliphatic carbocycles. The van der Waals surface area contributed by atoms with Crippen LogP contribution in [-0.4, -0.2) is 30.1 Å². The van der Waals surface area contributed by atoms with E-state index in [2.05, 4.69) is 0 Å². The van der Waals surface area contributed by atoms with Crippen LogP contribution in [0.3, 0.4) is 0 Å². The number of hydrogen-bond donors (Lipinski definition) is 1. The number of aliphatic hydroxyl groups excluding tert-OH is 1. The van der Waals surface area contributed by atoms with E-state index < -0.39 is 18.4 Å². The molecule has 0 amide bonds. The van der Waals surface area contributed by atoms with Gasteiger partial charge in [-0.15, -0.1) is 0 Å². The van der Waals surface area contributed by atoms with Crippen LogP contribution >= 0.6 is 0 Å². The Balaban J connectivity index is 1.88. The van der Waals surface area contributed by atoms with Gasteiger partial charge in [0, 0.05) is 0 Å². The molecule has 0 radical (unpaired) electrons. The van der Waals surface area contributed by atoms with Crippen molar-refractivity contribution in [1.29, 1.82) is 0 Å². The van der Waals surface area contributed by atoms with Crippen molar-refractivity contribution >= 4 is 18.4 Å². The molecule has 23 heavy (non-hydrogen) atoms. The Morgan fingerprint density at radius 2 is 0.913 bits per heavy atom. The molecule has 134 valence electrons. The van der Waals surface area contributed by atoms with E-state index in [0.717, 1.165) is 6.42 Å². The van der Waals surface area contributed by atoms with Crippen molar-refractivity contribution in [2.45, 2.75) is 119 Å². The van der Waals surface area contributed by atoms with Gasteiger partial charge in [-0.3, -0.25) is 0 Å². The quantitative estimate of drug-likeness (QED) is 0.461. The first kappa shape index (κ1) is 18.5. The molecule has 0 spiro atoms. The first-order valence-corrected chi connectivity index (χ1v) is 17.9. The predicted octanol–water partition coefficient (Wildman–Crippen LogP) is 6.82. The zero-order valence-electron chi connectivity index (χ0n) is 15.4. The average Bonchev–Trinajstić information content (AvgIpc) is 2.65. The Morgan fingerprint density at radius 1 is 0.565 bits per heavy atom. The molecule has 1 N–H and O–H groups in total. The van der Waals surface area contributed by atoms with E-state index in [-0.39, 0.29) is 0 Å². The Morgan fingerprint density at radius 3 is 1.22 bits per heavy atom. The summed E-state index contributed by atoms with van der Waals surface area (Å²) in [7, 11) is 0. The van der Waals surface area contributed by atoms with E-state index in [1.54, 1.807) is 43.0 Å². The monoisotopic (exact) mass is 428 g/mol. The molecule has 0 saturated heterocycles. The van der Waals surface area contributed by atoms with Gasteiger partial charge in [0.05, 0.1) is 0 Å². The van der Waals surface area contributed by atoms with Crippen LogP contribution < -0.4 is 0 Å². The third-order valence-corrected chi connectivity index (χ3v) is 29.3. The van der Waals surface area contributed by atoms with Crippen LogP contribution in [0.25, 0.3) is 0 Å². The van der Waals surface area contributed by atoms with Crippen LogP contribution in [0.1, 0.15) is 103 Å². The van der Waals surface area contributed by atoms with E-state index in [1.807, 2.05) is 0 Å². The molecule has 0 aromatic carbocycles. The van der Waals surface area contributed by atoms with Gasteiger partial charge in [-0.2, -0.15) is 0 Å². The molecule has 1 nitrogen and oxygen atoms in total. The summed E-state index contributed by atoms with van der Waals surface area (Å²) < 4.78 is 5.12. The van der Waals surface area contributed by atoms with Gasteiger partial charge in [-0.1, -0.05) is 0 Å². The van der Waals surface area contributed by atoms with Crippen molar-refractivity contribution in [3.05, 3.63) is 0 Å². The summed E-state index contributed by atoms with van der Waals surface area (Å²) in [6.45, 7) is 0.463. The molecular weight excluding hydrogens is 387 g/mol. The fraction of sp³-hybridized carbons (Fsp3) is 1.00. The van der Waals surface area contributed by atoms with Gasteiger partial charge in [0.2, 0.25) is 0 Å². The minimum absolute atomic E-state index is 0.463. The molecule has 3 rings (SSSR count). The first-order valence-electron chi connectivity index (χ1n) is 11.0. The summed E-state index contributed by atoms with van der Waals surface area (Å²) in [4.78, 5) is 0. The Hall–Kier alpha value is 0.759. The van der Waals surface area contributed by atoms with E-state index in [9.17, 15) is 5.11 Å². The zero-order chi connectivity index (χ0) is 16.0. The average molecular weight is 427 g/mol. The van der Waals surface area contributed by atoms with E-state index in [4.69, 9.17) is 0 Å². The molecule has 0 aliphatic heterocycles. The molecule has 0 aromatic heterocycles. The Bertz CT molecular complexity index is 279. The standard InChI is InChI=1S/3C6H11.C3H7O.Sn/c3*1-2-4-6-5-3-1;1-2-3-4;/h3*1H,2-6H2;4H,1-3H2;. The zero-order valence-corrected chi connectivity index (χ0v) is 18.3. The maximum atomic E-state index is 9.66. The van der Waals surface area contributed by atoms with E-state index in [0.29, 0.717) is 6.61 Å². The fourth-order valence-electron chi connectivity index (χ4n) is 6.92. The number of aliphatic hydroxyl groups is 1. The van der Waals surface area contributed by atoms with Crippen molar-refractivity contribution < 1.29 is 5.11 Å². The summed E-state index contributed by atoms with van der Waals surface area (Å²) >= 11 is -2.23. The molecular formula is C21H40OSn. The second-order valence-corrected chi connectivity index (χ2v) is 23.7. The van der Waals surface area contributed by atoms with Crippen LogP contribution in [-0.2, 0) is 0 Å². The SMILES string of the molecule is OCC[CH2][Sn]([CH]1CCCCC1)([CH]1CCCCC1)[CH]1CCCCC1. The second kappa shape index (κ2) is 9.45. The van der Waals surface area contributed by atoms with Crippen LogP contribution in [0.5, 0.6) is 0 Å². The van der Waals surface area contributed by atoms with Crippen molar-refractivity contribution in [2.75, 3.05) is 6.61 Å². The molecule has 0 heterocycles. The molecule has 0 unspecified atom stereocenters. The topological polar surface area (TPSA) is 20.2 Å². The van der Waals surface area contributed by atoms with E-state index in [1.165, 1.54) is 69.6 Å². The number of rotatable bonds is 6. The van der Waals surface area contributed by atoms with Gasteiger partial charge in [-0.05, 0) is 0 Å². The maximum absolute atomic E-state index is 9.66. The normalized spacial score (nSPS) is 26.5. The van der Waals surface area contributed by atoms with Gasteiger partial charge in [0.15, 0.2) is 0 Å². The van der Waals surface area contributed by atoms with E-state index >= 15 is 0 Å². The van der Waals surface area contributed by atoms with Crippen molar-refractivity contribution in [2.24, 2.45) is 0 Å². The Labute approximate surface area is 148 Å². The molecule has 3 saturated carbocycles. The van der Waals surface area contributed by atoms with Gasteiger partial charge in [0.1, 0.15) is 0 Å². The summed E-state index contributed by atoms with van der Waals surface area (Å²) in [6, 6.07) is 0. The third kappa shape index (κ3) is 4.30. The summed E-state index contributed by atoms with van der Waals surface area (Å²) in [5.74, 6) is 0. The van der Waals surface area contributed by atoms with Crippen molar-refractivity contribution in [3.63, 3.8) is 0 Å². The third-order valence-electron chi connectivity index (χ3n) is 7.86. The van der Waals surface area contributed by atoms with Gasteiger partial charge >= 0.3 is 149 Å². The first-order chi connectivity index (χ1) is 11.4.